The van der Waals surface area contributed by atoms with Gasteiger partial charge in [0.25, 0.3) is 0 Å². The molecule has 4 N–H and O–H groups in total. The minimum absolute atomic E-state index is 0.0221. The Balaban J connectivity index is 1.42. The van der Waals surface area contributed by atoms with E-state index in [9.17, 15) is 20.4 Å². The van der Waals surface area contributed by atoms with E-state index in [0.29, 0.717) is 24.3 Å². The normalized spacial score (nSPS) is 10.8. The fourth-order valence-electron chi connectivity index (χ4n) is 3.84. The van der Waals surface area contributed by atoms with Crippen molar-refractivity contribution in [3.63, 3.8) is 0 Å². The average molecular weight is 443 g/mol. The van der Waals surface area contributed by atoms with Gasteiger partial charge in [-0.05, 0) is 96.5 Å². The minimum Gasteiger partial charge on any atom is -0.508 e. The van der Waals surface area contributed by atoms with Crippen LogP contribution >= 0.6 is 0 Å². The van der Waals surface area contributed by atoms with Gasteiger partial charge in [-0.3, -0.25) is 0 Å². The molecule has 4 aromatic carbocycles. The summed E-state index contributed by atoms with van der Waals surface area (Å²) < 4.78 is 6.02. The van der Waals surface area contributed by atoms with Crippen LogP contribution in [0.25, 0.3) is 0 Å². The summed E-state index contributed by atoms with van der Waals surface area (Å²) in [7, 11) is 0. The first kappa shape index (κ1) is 22.1. The van der Waals surface area contributed by atoms with Crippen LogP contribution in [0.4, 0.5) is 0 Å². The number of phenolic OH excluding ortho intramolecular Hbond substituents is 4. The van der Waals surface area contributed by atoms with Gasteiger partial charge in [-0.25, -0.2) is 0 Å². The molecule has 0 fully saturated rings. The van der Waals surface area contributed by atoms with Crippen molar-refractivity contribution >= 4 is 0 Å². The number of rotatable bonds is 8. The maximum absolute atomic E-state index is 10.2. The number of hydrogen-bond donors (Lipinski definition) is 4. The summed E-state index contributed by atoms with van der Waals surface area (Å²) in [5.41, 5.74) is 3.87. The molecule has 0 heterocycles. The van der Waals surface area contributed by atoms with E-state index in [2.05, 4.69) is 0 Å². The maximum atomic E-state index is 10.2. The standard InChI is InChI=1S/C28H26O5/c29-23-5-1-3-19(11-23)7-8-20-4-2-6-27(15-20)33-28-16-22(14-26(32)18-28)10-9-21-12-24(30)17-25(31)13-21/h1-6,11-18,29-32H,7-10H2. The summed E-state index contributed by atoms with van der Waals surface area (Å²) in [6, 6.07) is 24.7. The Morgan fingerprint density at radius 3 is 1.58 bits per heavy atom. The third-order valence-corrected chi connectivity index (χ3v) is 5.36. The third-order valence-electron chi connectivity index (χ3n) is 5.36. The molecule has 0 atom stereocenters. The molecule has 0 spiro atoms. The molecular formula is C28H26O5. The molecule has 5 heteroatoms. The summed E-state index contributed by atoms with van der Waals surface area (Å²) in [5.74, 6) is 1.64. The number of benzene rings is 4. The Labute approximate surface area is 192 Å². The first-order valence-electron chi connectivity index (χ1n) is 10.8. The molecule has 0 aliphatic carbocycles. The van der Waals surface area contributed by atoms with E-state index >= 15 is 0 Å². The van der Waals surface area contributed by atoms with E-state index in [-0.39, 0.29) is 23.0 Å². The summed E-state index contributed by atoms with van der Waals surface area (Å²) in [6.07, 6.45) is 2.81. The number of hydrogen-bond acceptors (Lipinski definition) is 5. The zero-order chi connectivity index (χ0) is 23.2. The second-order valence-corrected chi connectivity index (χ2v) is 8.11. The zero-order valence-corrected chi connectivity index (χ0v) is 18.1. The van der Waals surface area contributed by atoms with E-state index in [4.69, 9.17) is 4.74 Å². The second kappa shape index (κ2) is 10.0. The van der Waals surface area contributed by atoms with Crippen LogP contribution < -0.4 is 4.74 Å². The largest absolute Gasteiger partial charge is 0.508 e. The first-order valence-corrected chi connectivity index (χ1v) is 10.8. The smallest absolute Gasteiger partial charge is 0.131 e. The van der Waals surface area contributed by atoms with Crippen molar-refractivity contribution in [2.24, 2.45) is 0 Å². The van der Waals surface area contributed by atoms with Gasteiger partial charge in [-0.2, -0.15) is 0 Å². The van der Waals surface area contributed by atoms with E-state index in [0.717, 1.165) is 35.1 Å². The van der Waals surface area contributed by atoms with Crippen molar-refractivity contribution in [2.75, 3.05) is 0 Å². The maximum Gasteiger partial charge on any atom is 0.131 e. The topological polar surface area (TPSA) is 90.2 Å². The molecule has 5 nitrogen and oxygen atoms in total. The molecule has 4 aromatic rings. The van der Waals surface area contributed by atoms with E-state index in [1.54, 1.807) is 36.4 Å². The van der Waals surface area contributed by atoms with Crippen molar-refractivity contribution in [3.05, 3.63) is 107 Å². The second-order valence-electron chi connectivity index (χ2n) is 8.11. The average Bonchev–Trinajstić information content (AvgIpc) is 2.76. The lowest BCUT2D eigenvalue weighted by Crippen LogP contribution is -1.94. The fourth-order valence-corrected chi connectivity index (χ4v) is 3.84. The molecule has 0 bridgehead atoms. The molecule has 4 rings (SSSR count). The summed E-state index contributed by atoms with van der Waals surface area (Å²) >= 11 is 0. The number of aromatic hydroxyl groups is 4. The lowest BCUT2D eigenvalue weighted by molar-refractivity contribution is 0.448. The van der Waals surface area contributed by atoms with Crippen LogP contribution in [0.1, 0.15) is 22.3 Å². The molecule has 0 aliphatic heterocycles. The number of aryl methyl sites for hydroxylation is 4. The predicted molar refractivity (Wildman–Crippen MR) is 127 cm³/mol. The van der Waals surface area contributed by atoms with Crippen LogP contribution in [-0.2, 0) is 25.7 Å². The van der Waals surface area contributed by atoms with Gasteiger partial charge in [0.15, 0.2) is 0 Å². The molecule has 0 radical (unpaired) electrons. The van der Waals surface area contributed by atoms with E-state index < -0.39 is 0 Å². The monoisotopic (exact) mass is 442 g/mol. The Hall–Kier alpha value is -4.12. The van der Waals surface area contributed by atoms with Crippen LogP contribution in [0.5, 0.6) is 34.5 Å². The van der Waals surface area contributed by atoms with Gasteiger partial charge in [0.05, 0.1) is 0 Å². The molecular weight excluding hydrogens is 416 g/mol. The fraction of sp³-hybridized carbons (Fsp3) is 0.143. The first-order chi connectivity index (χ1) is 15.9. The van der Waals surface area contributed by atoms with Gasteiger partial charge < -0.3 is 25.2 Å². The van der Waals surface area contributed by atoms with Crippen LogP contribution in [0.15, 0.2) is 84.9 Å². The summed E-state index contributed by atoms with van der Waals surface area (Å²) in [5, 5.41) is 39.1. The molecule has 0 aromatic heterocycles. The minimum atomic E-state index is 0.0221. The molecule has 0 unspecified atom stereocenters. The lowest BCUT2D eigenvalue weighted by Gasteiger charge is -2.11. The molecule has 0 saturated heterocycles. The van der Waals surface area contributed by atoms with Gasteiger partial charge >= 0.3 is 0 Å². The zero-order valence-electron chi connectivity index (χ0n) is 18.1. The van der Waals surface area contributed by atoms with Gasteiger partial charge in [0.1, 0.15) is 34.5 Å². The molecule has 33 heavy (non-hydrogen) atoms. The van der Waals surface area contributed by atoms with Crippen molar-refractivity contribution in [3.8, 4) is 34.5 Å². The Morgan fingerprint density at radius 2 is 0.909 bits per heavy atom. The highest BCUT2D eigenvalue weighted by atomic mass is 16.5. The van der Waals surface area contributed by atoms with Gasteiger partial charge in [-0.15, -0.1) is 0 Å². The molecule has 0 amide bonds. The van der Waals surface area contributed by atoms with Crippen LogP contribution in [-0.4, -0.2) is 20.4 Å². The SMILES string of the molecule is Oc1cccc(CCc2cccc(Oc3cc(O)cc(CCc4cc(O)cc(O)c4)c3)c2)c1. The Bertz CT molecular complexity index is 1230. The van der Waals surface area contributed by atoms with Crippen LogP contribution in [0, 0.1) is 0 Å². The summed E-state index contributed by atoms with van der Waals surface area (Å²) in [6.45, 7) is 0. The van der Waals surface area contributed by atoms with E-state index in [1.165, 1.54) is 6.07 Å². The van der Waals surface area contributed by atoms with Gasteiger partial charge in [-0.1, -0.05) is 24.3 Å². The van der Waals surface area contributed by atoms with Crippen molar-refractivity contribution in [1.82, 2.24) is 0 Å². The quantitative estimate of drug-likeness (QED) is 0.274. The van der Waals surface area contributed by atoms with Crippen molar-refractivity contribution in [1.29, 1.82) is 0 Å². The lowest BCUT2D eigenvalue weighted by atomic mass is 10.0. The number of phenols is 4. The van der Waals surface area contributed by atoms with Crippen molar-refractivity contribution < 1.29 is 25.2 Å². The van der Waals surface area contributed by atoms with Crippen LogP contribution in [0.2, 0.25) is 0 Å². The van der Waals surface area contributed by atoms with Crippen LogP contribution in [0.3, 0.4) is 0 Å². The third kappa shape index (κ3) is 6.43. The number of ether oxygens (including phenoxy) is 1. The highest BCUT2D eigenvalue weighted by Crippen LogP contribution is 2.29. The highest BCUT2D eigenvalue weighted by molar-refractivity contribution is 5.42. The van der Waals surface area contributed by atoms with E-state index in [1.807, 2.05) is 42.5 Å². The predicted octanol–water partition coefficient (Wildman–Crippen LogP) is 5.87. The highest BCUT2D eigenvalue weighted by Gasteiger charge is 2.06. The molecule has 168 valence electrons. The molecule has 0 saturated carbocycles. The Morgan fingerprint density at radius 1 is 0.424 bits per heavy atom. The Kier molecular flexibility index (Phi) is 6.69. The van der Waals surface area contributed by atoms with Gasteiger partial charge in [0.2, 0.25) is 0 Å². The van der Waals surface area contributed by atoms with Gasteiger partial charge in [0, 0.05) is 12.1 Å². The van der Waals surface area contributed by atoms with Crippen molar-refractivity contribution in [2.45, 2.75) is 25.7 Å². The summed E-state index contributed by atoms with van der Waals surface area (Å²) in [4.78, 5) is 0. The molecule has 0 aliphatic rings.